The first-order chi connectivity index (χ1) is 15.5. The largest absolute Gasteiger partial charge is 0.455 e. The Labute approximate surface area is 184 Å². The summed E-state index contributed by atoms with van der Waals surface area (Å²) in [5.41, 5.74) is -0.638. The van der Waals surface area contributed by atoms with E-state index in [0.29, 0.717) is 5.01 Å². The minimum atomic E-state index is -0.974. The molecular formula is C23H12N2O6S. The standard InChI is InChI=1S/C23H12N2O6S/c26-21-12-5-1-2-6-13(12)22(27)19-14(21)9-10-15(20(19)25(29)30)23(28)31-11-18-24-16-7-3-4-8-17(16)32-18/h1-10H,11H2. The molecule has 0 amide bonds. The van der Waals surface area contributed by atoms with Crippen molar-refractivity contribution in [3.05, 3.63) is 104 Å². The van der Waals surface area contributed by atoms with Crippen molar-refractivity contribution >= 4 is 44.8 Å². The van der Waals surface area contributed by atoms with Gasteiger partial charge in [0.25, 0.3) is 5.69 Å². The lowest BCUT2D eigenvalue weighted by molar-refractivity contribution is -0.385. The van der Waals surface area contributed by atoms with Gasteiger partial charge in [0, 0.05) is 16.7 Å². The first-order valence-electron chi connectivity index (χ1n) is 9.47. The van der Waals surface area contributed by atoms with Gasteiger partial charge in [0.15, 0.2) is 5.78 Å². The van der Waals surface area contributed by atoms with Crippen molar-refractivity contribution in [2.24, 2.45) is 0 Å². The first kappa shape index (κ1) is 19.7. The molecule has 0 spiro atoms. The molecule has 5 rings (SSSR count). The lowest BCUT2D eigenvalue weighted by Gasteiger charge is -2.18. The van der Waals surface area contributed by atoms with E-state index in [1.165, 1.54) is 29.5 Å². The highest BCUT2D eigenvalue weighted by atomic mass is 32.1. The topological polar surface area (TPSA) is 116 Å². The maximum Gasteiger partial charge on any atom is 0.345 e. The van der Waals surface area contributed by atoms with Gasteiger partial charge in [0.05, 0.1) is 15.1 Å². The number of fused-ring (bicyclic) bond motifs is 3. The number of ketones is 2. The van der Waals surface area contributed by atoms with E-state index >= 15 is 0 Å². The van der Waals surface area contributed by atoms with E-state index in [2.05, 4.69) is 4.98 Å². The normalized spacial score (nSPS) is 12.4. The summed E-state index contributed by atoms with van der Waals surface area (Å²) in [5, 5.41) is 12.4. The predicted molar refractivity (Wildman–Crippen MR) is 115 cm³/mol. The Kier molecular flexibility index (Phi) is 4.60. The van der Waals surface area contributed by atoms with Gasteiger partial charge >= 0.3 is 5.97 Å². The molecule has 0 radical (unpaired) electrons. The van der Waals surface area contributed by atoms with Crippen LogP contribution < -0.4 is 0 Å². The summed E-state index contributed by atoms with van der Waals surface area (Å²) in [5.74, 6) is -2.16. The van der Waals surface area contributed by atoms with Gasteiger partial charge in [-0.15, -0.1) is 11.3 Å². The molecule has 0 unspecified atom stereocenters. The molecule has 4 aromatic rings. The van der Waals surface area contributed by atoms with Crippen molar-refractivity contribution in [2.75, 3.05) is 0 Å². The molecule has 1 aromatic heterocycles. The van der Waals surface area contributed by atoms with Crippen LogP contribution >= 0.6 is 11.3 Å². The second-order valence-electron chi connectivity index (χ2n) is 7.00. The van der Waals surface area contributed by atoms with Crippen LogP contribution in [0.15, 0.2) is 60.7 Å². The summed E-state index contributed by atoms with van der Waals surface area (Å²) < 4.78 is 6.18. The molecule has 1 aliphatic rings. The maximum absolute atomic E-state index is 13.0. The van der Waals surface area contributed by atoms with Crippen LogP contribution in [0.3, 0.4) is 0 Å². The lowest BCUT2D eigenvalue weighted by atomic mass is 9.82. The van der Waals surface area contributed by atoms with Crippen LogP contribution in [0.1, 0.15) is 47.2 Å². The van der Waals surface area contributed by atoms with Crippen LogP contribution in [0.4, 0.5) is 5.69 Å². The summed E-state index contributed by atoms with van der Waals surface area (Å²) in [4.78, 5) is 54.0. The number of aromatic nitrogens is 1. The van der Waals surface area contributed by atoms with Crippen LogP contribution in [-0.2, 0) is 11.3 Å². The average molecular weight is 444 g/mol. The summed E-state index contributed by atoms with van der Waals surface area (Å²) >= 11 is 1.34. The number of thiazole rings is 1. The van der Waals surface area contributed by atoms with Crippen molar-refractivity contribution in [3.8, 4) is 0 Å². The van der Waals surface area contributed by atoms with Gasteiger partial charge < -0.3 is 4.74 Å². The quantitative estimate of drug-likeness (QED) is 0.230. The van der Waals surface area contributed by atoms with Crippen molar-refractivity contribution in [1.29, 1.82) is 0 Å². The third-order valence-electron chi connectivity index (χ3n) is 5.13. The number of nitrogens with zero attached hydrogens (tertiary/aromatic N) is 2. The van der Waals surface area contributed by atoms with E-state index in [0.717, 1.165) is 16.3 Å². The van der Waals surface area contributed by atoms with Crippen molar-refractivity contribution in [1.82, 2.24) is 4.98 Å². The minimum Gasteiger partial charge on any atom is -0.455 e. The summed E-state index contributed by atoms with van der Waals surface area (Å²) in [7, 11) is 0. The zero-order valence-electron chi connectivity index (χ0n) is 16.2. The van der Waals surface area contributed by atoms with Gasteiger partial charge in [-0.2, -0.15) is 0 Å². The van der Waals surface area contributed by atoms with E-state index in [9.17, 15) is 24.5 Å². The fourth-order valence-electron chi connectivity index (χ4n) is 3.71. The molecule has 0 saturated carbocycles. The number of carbonyl (C=O) groups is 3. The molecule has 0 saturated heterocycles. The molecule has 0 fully saturated rings. The van der Waals surface area contributed by atoms with E-state index in [4.69, 9.17) is 4.74 Å². The number of ether oxygens (including phenoxy) is 1. The fraction of sp³-hybridized carbons (Fsp3) is 0.0435. The number of nitro groups is 1. The third kappa shape index (κ3) is 3.07. The Morgan fingerprint density at radius 1 is 0.938 bits per heavy atom. The van der Waals surface area contributed by atoms with Crippen LogP contribution in [0.25, 0.3) is 10.2 Å². The van der Waals surface area contributed by atoms with Crippen LogP contribution in [-0.4, -0.2) is 27.4 Å². The summed E-state index contributed by atoms with van der Waals surface area (Å²) in [6.45, 7) is -0.178. The van der Waals surface area contributed by atoms with Crippen LogP contribution in [0, 0.1) is 10.1 Å². The monoisotopic (exact) mass is 444 g/mol. The highest BCUT2D eigenvalue weighted by Gasteiger charge is 2.39. The van der Waals surface area contributed by atoms with Gasteiger partial charge in [-0.25, -0.2) is 9.78 Å². The molecular weight excluding hydrogens is 432 g/mol. The molecule has 9 heteroatoms. The molecule has 8 nitrogen and oxygen atoms in total. The number of para-hydroxylation sites is 1. The smallest absolute Gasteiger partial charge is 0.345 e. The molecule has 1 aliphatic carbocycles. The maximum atomic E-state index is 13.0. The number of benzene rings is 3. The molecule has 0 bridgehead atoms. The number of carbonyl (C=O) groups excluding carboxylic acids is 3. The van der Waals surface area contributed by atoms with E-state index in [-0.39, 0.29) is 23.3 Å². The number of nitro benzene ring substituents is 1. The lowest BCUT2D eigenvalue weighted by Crippen LogP contribution is -2.23. The Morgan fingerprint density at radius 3 is 2.34 bits per heavy atom. The molecule has 1 heterocycles. The third-order valence-corrected chi connectivity index (χ3v) is 6.14. The van der Waals surface area contributed by atoms with Gasteiger partial charge in [-0.05, 0) is 24.3 Å². The SMILES string of the molecule is O=C1c2ccccc2C(=O)c2c1ccc(C(=O)OCc1nc3ccccc3s1)c2[N+](=O)[O-]. The molecule has 32 heavy (non-hydrogen) atoms. The van der Waals surface area contributed by atoms with E-state index in [1.54, 1.807) is 12.1 Å². The zero-order chi connectivity index (χ0) is 22.4. The Morgan fingerprint density at radius 2 is 1.62 bits per heavy atom. The molecule has 0 atom stereocenters. The van der Waals surface area contributed by atoms with Gasteiger partial charge in [-0.3, -0.25) is 19.7 Å². The summed E-state index contributed by atoms with van der Waals surface area (Å²) in [6.07, 6.45) is 0. The highest BCUT2D eigenvalue weighted by Crippen LogP contribution is 2.36. The number of hydrogen-bond acceptors (Lipinski definition) is 8. The van der Waals surface area contributed by atoms with E-state index < -0.39 is 39.3 Å². The van der Waals surface area contributed by atoms with Crippen molar-refractivity contribution in [3.63, 3.8) is 0 Å². The Balaban J connectivity index is 1.52. The van der Waals surface area contributed by atoms with Crippen LogP contribution in [0.2, 0.25) is 0 Å². The molecule has 3 aromatic carbocycles. The highest BCUT2D eigenvalue weighted by molar-refractivity contribution is 7.18. The average Bonchev–Trinajstić information content (AvgIpc) is 3.23. The van der Waals surface area contributed by atoms with Gasteiger partial charge in [0.2, 0.25) is 5.78 Å². The Hall–Kier alpha value is -4.24. The van der Waals surface area contributed by atoms with E-state index in [1.807, 2.05) is 24.3 Å². The number of esters is 1. The van der Waals surface area contributed by atoms with Gasteiger partial charge in [-0.1, -0.05) is 36.4 Å². The minimum absolute atomic E-state index is 0.0630. The van der Waals surface area contributed by atoms with Crippen molar-refractivity contribution in [2.45, 2.75) is 6.61 Å². The first-order valence-corrected chi connectivity index (χ1v) is 10.3. The molecule has 0 aliphatic heterocycles. The summed E-state index contributed by atoms with van der Waals surface area (Å²) in [6, 6.07) is 15.9. The fourth-order valence-corrected chi connectivity index (χ4v) is 4.59. The number of rotatable bonds is 4. The van der Waals surface area contributed by atoms with Gasteiger partial charge in [0.1, 0.15) is 22.7 Å². The Bertz CT molecular complexity index is 1440. The molecule has 0 N–H and O–H groups in total. The number of hydrogen-bond donors (Lipinski definition) is 0. The predicted octanol–water partition coefficient (Wildman–Crippen LogP) is 4.34. The second kappa shape index (κ2) is 7.47. The van der Waals surface area contributed by atoms with Crippen LogP contribution in [0.5, 0.6) is 0 Å². The van der Waals surface area contributed by atoms with Crippen molar-refractivity contribution < 1.29 is 24.0 Å². The second-order valence-corrected chi connectivity index (χ2v) is 8.11. The molecule has 156 valence electrons. The zero-order valence-corrected chi connectivity index (χ0v) is 17.0.